The van der Waals surface area contributed by atoms with Crippen molar-refractivity contribution in [3.8, 4) is 0 Å². The lowest BCUT2D eigenvalue weighted by Crippen LogP contribution is -2.30. The van der Waals surface area contributed by atoms with Crippen LogP contribution < -0.4 is 4.90 Å². The summed E-state index contributed by atoms with van der Waals surface area (Å²) in [5.74, 6) is 0.465. The van der Waals surface area contributed by atoms with Gasteiger partial charge in [-0.3, -0.25) is 4.21 Å². The summed E-state index contributed by atoms with van der Waals surface area (Å²) in [5.41, 5.74) is 3.77. The van der Waals surface area contributed by atoms with Crippen molar-refractivity contribution >= 4 is 27.7 Å². The largest absolute Gasteiger partial charge is 0.371 e. The summed E-state index contributed by atoms with van der Waals surface area (Å²) in [5, 5.41) is 0.497. The molecule has 1 unspecified atom stereocenters. The molecular weight excluding hydrogens is 320 g/mol. The average Bonchev–Trinajstić information content (AvgIpc) is 3.07. The highest BCUT2D eigenvalue weighted by molar-refractivity contribution is 7.84. The Labute approximate surface area is 143 Å². The first kappa shape index (κ1) is 15.3. The Morgan fingerprint density at radius 2 is 1.92 bits per heavy atom. The predicted octanol–water partition coefficient (Wildman–Crippen LogP) is 3.26. The highest BCUT2D eigenvalue weighted by Crippen LogP contribution is 2.26. The molecule has 1 aliphatic heterocycles. The van der Waals surface area contributed by atoms with E-state index in [0.29, 0.717) is 16.6 Å². The Hall–Kier alpha value is -2.21. The molecule has 1 N–H and O–H groups in total. The molecule has 6 heteroatoms. The van der Waals surface area contributed by atoms with E-state index in [1.54, 1.807) is 6.20 Å². The topological polar surface area (TPSA) is 61.9 Å². The van der Waals surface area contributed by atoms with E-state index in [0.717, 1.165) is 24.2 Å². The molecule has 4 rings (SSSR count). The molecule has 0 aliphatic carbocycles. The Morgan fingerprint density at radius 1 is 1.08 bits per heavy atom. The van der Waals surface area contributed by atoms with Gasteiger partial charge in [-0.15, -0.1) is 0 Å². The summed E-state index contributed by atoms with van der Waals surface area (Å²) in [4.78, 5) is 14.1. The number of aromatic amines is 1. The van der Waals surface area contributed by atoms with Crippen LogP contribution in [0.5, 0.6) is 0 Å². The molecule has 2 aromatic heterocycles. The molecule has 1 aliphatic rings. The van der Waals surface area contributed by atoms with Crippen molar-refractivity contribution in [2.45, 2.75) is 30.2 Å². The highest BCUT2D eigenvalue weighted by atomic mass is 32.2. The first-order chi connectivity index (χ1) is 11.8. The third-order valence-electron chi connectivity index (χ3n) is 4.43. The van der Waals surface area contributed by atoms with Gasteiger partial charge in [0.25, 0.3) is 0 Å². The van der Waals surface area contributed by atoms with Crippen LogP contribution in [0.2, 0.25) is 0 Å². The zero-order chi connectivity index (χ0) is 16.4. The minimum atomic E-state index is -1.22. The first-order valence-corrected chi connectivity index (χ1v) is 9.65. The van der Waals surface area contributed by atoms with Crippen LogP contribution in [0.25, 0.3) is 11.2 Å². The van der Waals surface area contributed by atoms with Crippen molar-refractivity contribution in [3.63, 3.8) is 0 Å². The van der Waals surface area contributed by atoms with E-state index in [1.807, 2.05) is 18.2 Å². The zero-order valence-corrected chi connectivity index (χ0v) is 14.3. The van der Waals surface area contributed by atoms with E-state index in [9.17, 15) is 4.21 Å². The molecule has 5 nitrogen and oxygen atoms in total. The quantitative estimate of drug-likeness (QED) is 0.792. The summed E-state index contributed by atoms with van der Waals surface area (Å²) in [6.07, 6.45) is 5.46. The van der Waals surface area contributed by atoms with Crippen molar-refractivity contribution in [1.82, 2.24) is 15.0 Å². The number of pyridine rings is 1. The van der Waals surface area contributed by atoms with Crippen LogP contribution in [-0.2, 0) is 16.6 Å². The van der Waals surface area contributed by atoms with E-state index in [2.05, 4.69) is 38.1 Å². The van der Waals surface area contributed by atoms with Gasteiger partial charge in [0.05, 0.1) is 22.1 Å². The third-order valence-corrected chi connectivity index (χ3v) is 5.62. The molecule has 0 radical (unpaired) electrons. The van der Waals surface area contributed by atoms with E-state index < -0.39 is 10.8 Å². The summed E-state index contributed by atoms with van der Waals surface area (Å²) in [6.45, 7) is 2.16. The van der Waals surface area contributed by atoms with Gasteiger partial charge in [-0.1, -0.05) is 18.2 Å². The zero-order valence-electron chi connectivity index (χ0n) is 13.4. The minimum absolute atomic E-state index is 0.465. The van der Waals surface area contributed by atoms with E-state index in [-0.39, 0.29) is 0 Å². The maximum atomic E-state index is 12.8. The fourth-order valence-corrected chi connectivity index (χ4v) is 4.29. The molecule has 124 valence electrons. The average molecular weight is 340 g/mol. The van der Waals surface area contributed by atoms with Crippen molar-refractivity contribution < 1.29 is 4.21 Å². The Balaban J connectivity index is 1.59. The van der Waals surface area contributed by atoms with Gasteiger partial charge in [-0.2, -0.15) is 0 Å². The van der Waals surface area contributed by atoms with Gasteiger partial charge >= 0.3 is 0 Å². The second-order valence-electron chi connectivity index (χ2n) is 6.08. The summed E-state index contributed by atoms with van der Waals surface area (Å²) < 4.78 is 12.8. The number of imidazole rings is 1. The molecule has 0 saturated carbocycles. The van der Waals surface area contributed by atoms with Crippen LogP contribution in [-0.4, -0.2) is 32.3 Å². The first-order valence-electron chi connectivity index (χ1n) is 8.33. The summed E-state index contributed by atoms with van der Waals surface area (Å²) >= 11 is 0. The number of rotatable bonds is 4. The Morgan fingerprint density at radius 3 is 2.75 bits per heavy atom. The Kier molecular flexibility index (Phi) is 4.30. The second-order valence-corrected chi connectivity index (χ2v) is 7.45. The van der Waals surface area contributed by atoms with Crippen molar-refractivity contribution in [1.29, 1.82) is 0 Å². The standard InChI is InChI=1S/C18H20N4OS/c23-24(18-20-15-8-6-10-19-17(15)21-18)13-14-7-2-3-9-16(14)22-11-4-1-5-12-22/h2-3,6-10H,1,4-5,11-13H2,(H,19,20,21). The molecule has 24 heavy (non-hydrogen) atoms. The molecule has 1 atom stereocenters. The van der Waals surface area contributed by atoms with Crippen LogP contribution in [0.1, 0.15) is 24.8 Å². The van der Waals surface area contributed by atoms with E-state index >= 15 is 0 Å². The Bertz CT molecular complexity index is 837. The van der Waals surface area contributed by atoms with Crippen molar-refractivity contribution in [2.24, 2.45) is 0 Å². The predicted molar refractivity (Wildman–Crippen MR) is 96.5 cm³/mol. The number of piperidine rings is 1. The molecule has 1 aromatic carbocycles. The molecule has 1 saturated heterocycles. The number of fused-ring (bicyclic) bond motifs is 1. The minimum Gasteiger partial charge on any atom is -0.371 e. The van der Waals surface area contributed by atoms with Gasteiger partial charge in [0.1, 0.15) is 0 Å². The SMILES string of the molecule is O=S(Cc1ccccc1N1CCCCC1)c1nc2ncccc2[nH]1. The molecular formula is C18H20N4OS. The van der Waals surface area contributed by atoms with Gasteiger partial charge in [0.15, 0.2) is 10.8 Å². The monoisotopic (exact) mass is 340 g/mol. The number of hydrogen-bond acceptors (Lipinski definition) is 4. The maximum absolute atomic E-state index is 12.8. The molecule has 0 spiro atoms. The molecule has 0 amide bonds. The van der Waals surface area contributed by atoms with E-state index in [4.69, 9.17) is 0 Å². The number of hydrogen-bond donors (Lipinski definition) is 1. The number of nitrogens with zero attached hydrogens (tertiary/aromatic N) is 3. The molecule has 3 heterocycles. The van der Waals surface area contributed by atoms with E-state index in [1.165, 1.54) is 24.9 Å². The van der Waals surface area contributed by atoms with Gasteiger partial charge in [-0.25, -0.2) is 9.97 Å². The maximum Gasteiger partial charge on any atom is 0.199 e. The van der Waals surface area contributed by atoms with Crippen molar-refractivity contribution in [3.05, 3.63) is 48.2 Å². The van der Waals surface area contributed by atoms with Crippen LogP contribution >= 0.6 is 0 Å². The number of para-hydroxylation sites is 1. The lowest BCUT2D eigenvalue weighted by atomic mass is 10.1. The fourth-order valence-electron chi connectivity index (χ4n) is 3.22. The lowest BCUT2D eigenvalue weighted by molar-refractivity contribution is 0.577. The lowest BCUT2D eigenvalue weighted by Gasteiger charge is -2.30. The number of nitrogens with one attached hydrogen (secondary N) is 1. The smallest absolute Gasteiger partial charge is 0.199 e. The number of H-pyrrole nitrogens is 1. The van der Waals surface area contributed by atoms with Crippen LogP contribution in [0.15, 0.2) is 47.8 Å². The second kappa shape index (κ2) is 6.73. The van der Waals surface area contributed by atoms with Gasteiger partial charge < -0.3 is 9.88 Å². The molecule has 1 fully saturated rings. The molecule has 3 aromatic rings. The van der Waals surface area contributed by atoms with Gasteiger partial charge in [0, 0.05) is 25.0 Å². The summed E-state index contributed by atoms with van der Waals surface area (Å²) in [6, 6.07) is 12.0. The number of anilines is 1. The van der Waals surface area contributed by atoms with Crippen LogP contribution in [0.4, 0.5) is 5.69 Å². The third kappa shape index (κ3) is 3.06. The fraction of sp³-hybridized carbons (Fsp3) is 0.333. The highest BCUT2D eigenvalue weighted by Gasteiger charge is 2.17. The number of aromatic nitrogens is 3. The van der Waals surface area contributed by atoms with Crippen LogP contribution in [0.3, 0.4) is 0 Å². The van der Waals surface area contributed by atoms with Crippen molar-refractivity contribution in [2.75, 3.05) is 18.0 Å². The normalized spacial score (nSPS) is 16.4. The van der Waals surface area contributed by atoms with Gasteiger partial charge in [0.2, 0.25) is 0 Å². The molecule has 0 bridgehead atoms. The van der Waals surface area contributed by atoms with Gasteiger partial charge in [-0.05, 0) is 43.0 Å². The summed E-state index contributed by atoms with van der Waals surface area (Å²) in [7, 11) is -1.22. The van der Waals surface area contributed by atoms with Crippen LogP contribution in [0, 0.1) is 0 Å². The number of benzene rings is 1.